The molecule has 20 heavy (non-hydrogen) atoms. The number of para-hydroxylation sites is 1. The zero-order valence-corrected chi connectivity index (χ0v) is 13.4. The molecule has 106 valence electrons. The van der Waals surface area contributed by atoms with E-state index < -0.39 is 0 Å². The molecule has 0 spiro atoms. The van der Waals surface area contributed by atoms with Crippen LogP contribution in [0.4, 0.5) is 0 Å². The van der Waals surface area contributed by atoms with E-state index in [9.17, 15) is 5.11 Å². The van der Waals surface area contributed by atoms with Crippen molar-refractivity contribution in [2.45, 2.75) is 32.4 Å². The van der Waals surface area contributed by atoms with E-state index in [0.717, 1.165) is 16.5 Å². The summed E-state index contributed by atoms with van der Waals surface area (Å²) in [6, 6.07) is 16.2. The van der Waals surface area contributed by atoms with Crippen LogP contribution >= 0.6 is 15.9 Å². The number of halogens is 1. The lowest BCUT2D eigenvalue weighted by Gasteiger charge is -2.23. The zero-order chi connectivity index (χ0) is 14.5. The maximum atomic E-state index is 9.99. The second kappa shape index (κ2) is 6.91. The highest BCUT2D eigenvalue weighted by molar-refractivity contribution is 9.10. The number of hydrogen-bond donors (Lipinski definition) is 2. The van der Waals surface area contributed by atoms with E-state index in [1.165, 1.54) is 5.56 Å². The van der Waals surface area contributed by atoms with Crippen molar-refractivity contribution < 1.29 is 5.11 Å². The molecule has 0 amide bonds. The number of aromatic hydroxyl groups is 1. The molecule has 0 heterocycles. The summed E-state index contributed by atoms with van der Waals surface area (Å²) in [7, 11) is 0. The molecule has 0 radical (unpaired) electrons. The molecule has 0 aromatic heterocycles. The van der Waals surface area contributed by atoms with Crippen LogP contribution in [0.15, 0.2) is 53.0 Å². The standard InChI is InChI=1S/C17H20BrNO/c1-3-16(15-6-4-5-7-17(15)20)19-12(2)13-8-10-14(18)11-9-13/h4-12,16,19-20H,3H2,1-2H3. The van der Waals surface area contributed by atoms with Gasteiger partial charge in [-0.25, -0.2) is 0 Å². The molecule has 0 bridgehead atoms. The van der Waals surface area contributed by atoms with Crippen LogP contribution in [0.1, 0.15) is 43.5 Å². The van der Waals surface area contributed by atoms with Gasteiger partial charge in [-0.3, -0.25) is 0 Å². The quantitative estimate of drug-likeness (QED) is 0.810. The minimum atomic E-state index is 0.148. The van der Waals surface area contributed by atoms with E-state index in [1.54, 1.807) is 6.07 Å². The van der Waals surface area contributed by atoms with Gasteiger partial charge < -0.3 is 10.4 Å². The lowest BCUT2D eigenvalue weighted by molar-refractivity contribution is 0.419. The van der Waals surface area contributed by atoms with Gasteiger partial charge in [-0.1, -0.05) is 53.2 Å². The highest BCUT2D eigenvalue weighted by Gasteiger charge is 2.16. The van der Waals surface area contributed by atoms with Crippen LogP contribution < -0.4 is 5.32 Å². The van der Waals surface area contributed by atoms with Crippen LogP contribution in [0.2, 0.25) is 0 Å². The van der Waals surface area contributed by atoms with E-state index in [1.807, 2.05) is 18.2 Å². The SMILES string of the molecule is CCC(NC(C)c1ccc(Br)cc1)c1ccccc1O. The van der Waals surface area contributed by atoms with Gasteiger partial charge in [-0.05, 0) is 37.1 Å². The molecule has 2 unspecified atom stereocenters. The Kier molecular flexibility index (Phi) is 5.21. The Morgan fingerprint density at radius 2 is 1.75 bits per heavy atom. The average Bonchev–Trinajstić information content (AvgIpc) is 2.46. The Balaban J connectivity index is 2.14. The third kappa shape index (κ3) is 3.62. The van der Waals surface area contributed by atoms with Crippen molar-refractivity contribution in [3.63, 3.8) is 0 Å². The number of phenols is 1. The number of rotatable bonds is 5. The van der Waals surface area contributed by atoms with Crippen molar-refractivity contribution >= 4 is 15.9 Å². The normalized spacial score (nSPS) is 13.9. The van der Waals surface area contributed by atoms with Crippen molar-refractivity contribution in [2.75, 3.05) is 0 Å². The second-order valence-electron chi connectivity index (χ2n) is 4.96. The minimum Gasteiger partial charge on any atom is -0.508 e. The third-order valence-corrected chi connectivity index (χ3v) is 4.07. The van der Waals surface area contributed by atoms with E-state index in [0.29, 0.717) is 5.75 Å². The first-order chi connectivity index (χ1) is 9.61. The molecule has 2 aromatic rings. The highest BCUT2D eigenvalue weighted by atomic mass is 79.9. The first-order valence-corrected chi connectivity index (χ1v) is 7.70. The summed E-state index contributed by atoms with van der Waals surface area (Å²) in [5.74, 6) is 0.356. The molecule has 0 aliphatic heterocycles. The summed E-state index contributed by atoms with van der Waals surface area (Å²) < 4.78 is 1.08. The monoisotopic (exact) mass is 333 g/mol. The summed E-state index contributed by atoms with van der Waals surface area (Å²) >= 11 is 3.45. The minimum absolute atomic E-state index is 0.148. The fraction of sp³-hybridized carbons (Fsp3) is 0.294. The van der Waals surface area contributed by atoms with Gasteiger partial charge in [-0.15, -0.1) is 0 Å². The molecule has 0 saturated heterocycles. The smallest absolute Gasteiger partial charge is 0.120 e. The fourth-order valence-electron chi connectivity index (χ4n) is 2.36. The maximum Gasteiger partial charge on any atom is 0.120 e. The zero-order valence-electron chi connectivity index (χ0n) is 11.8. The first-order valence-electron chi connectivity index (χ1n) is 6.91. The Morgan fingerprint density at radius 3 is 2.35 bits per heavy atom. The molecular weight excluding hydrogens is 314 g/mol. The molecule has 0 aliphatic rings. The molecule has 0 fully saturated rings. The van der Waals surface area contributed by atoms with E-state index >= 15 is 0 Å². The molecule has 2 atom stereocenters. The van der Waals surface area contributed by atoms with Gasteiger partial charge in [0.05, 0.1) is 0 Å². The summed E-state index contributed by atoms with van der Waals surface area (Å²) in [5, 5.41) is 13.6. The lowest BCUT2D eigenvalue weighted by Crippen LogP contribution is -2.24. The van der Waals surface area contributed by atoms with Crippen LogP contribution in [0.3, 0.4) is 0 Å². The van der Waals surface area contributed by atoms with Gasteiger partial charge in [0.15, 0.2) is 0 Å². The number of benzene rings is 2. The average molecular weight is 334 g/mol. The van der Waals surface area contributed by atoms with Crippen molar-refractivity contribution in [3.8, 4) is 5.75 Å². The van der Waals surface area contributed by atoms with Gasteiger partial charge in [0.25, 0.3) is 0 Å². The predicted octanol–water partition coefficient (Wildman–Crippen LogP) is 4.96. The summed E-state index contributed by atoms with van der Waals surface area (Å²) in [6.45, 7) is 4.27. The van der Waals surface area contributed by atoms with Crippen molar-refractivity contribution in [2.24, 2.45) is 0 Å². The molecule has 2 rings (SSSR count). The fourth-order valence-corrected chi connectivity index (χ4v) is 2.62. The molecule has 2 N–H and O–H groups in total. The van der Waals surface area contributed by atoms with Gasteiger partial charge in [0.2, 0.25) is 0 Å². The van der Waals surface area contributed by atoms with Gasteiger partial charge in [0, 0.05) is 22.1 Å². The van der Waals surface area contributed by atoms with Crippen LogP contribution in [0.25, 0.3) is 0 Å². The summed E-state index contributed by atoms with van der Waals surface area (Å²) in [4.78, 5) is 0. The number of nitrogens with one attached hydrogen (secondary N) is 1. The molecule has 0 saturated carbocycles. The van der Waals surface area contributed by atoms with E-state index in [4.69, 9.17) is 0 Å². The number of phenolic OH excluding ortho intramolecular Hbond substituents is 1. The highest BCUT2D eigenvalue weighted by Crippen LogP contribution is 2.28. The van der Waals surface area contributed by atoms with Crippen molar-refractivity contribution in [1.29, 1.82) is 0 Å². The molecular formula is C17H20BrNO. The van der Waals surface area contributed by atoms with Gasteiger partial charge in [0.1, 0.15) is 5.75 Å². The second-order valence-corrected chi connectivity index (χ2v) is 5.88. The van der Waals surface area contributed by atoms with Gasteiger partial charge >= 0.3 is 0 Å². The Morgan fingerprint density at radius 1 is 1.10 bits per heavy atom. The maximum absolute atomic E-state index is 9.99. The van der Waals surface area contributed by atoms with Crippen molar-refractivity contribution in [3.05, 3.63) is 64.1 Å². The van der Waals surface area contributed by atoms with E-state index in [-0.39, 0.29) is 12.1 Å². The van der Waals surface area contributed by atoms with Crippen LogP contribution in [0, 0.1) is 0 Å². The van der Waals surface area contributed by atoms with Crippen LogP contribution in [0.5, 0.6) is 5.75 Å². The molecule has 2 aromatic carbocycles. The van der Waals surface area contributed by atoms with Crippen LogP contribution in [-0.4, -0.2) is 5.11 Å². The van der Waals surface area contributed by atoms with Gasteiger partial charge in [-0.2, -0.15) is 0 Å². The largest absolute Gasteiger partial charge is 0.508 e. The summed E-state index contributed by atoms with van der Waals surface area (Å²) in [5.41, 5.74) is 2.20. The van der Waals surface area contributed by atoms with Crippen LogP contribution in [-0.2, 0) is 0 Å². The lowest BCUT2D eigenvalue weighted by atomic mass is 10.0. The third-order valence-electron chi connectivity index (χ3n) is 3.54. The predicted molar refractivity (Wildman–Crippen MR) is 86.8 cm³/mol. The summed E-state index contributed by atoms with van der Waals surface area (Å²) in [6.07, 6.45) is 0.929. The molecule has 3 heteroatoms. The Hall–Kier alpha value is -1.32. The first kappa shape index (κ1) is 15.1. The Bertz CT molecular complexity index is 553. The number of hydrogen-bond acceptors (Lipinski definition) is 2. The molecule has 0 aliphatic carbocycles. The van der Waals surface area contributed by atoms with E-state index in [2.05, 4.69) is 59.4 Å². The molecule has 2 nitrogen and oxygen atoms in total. The Labute approximate surface area is 129 Å². The van der Waals surface area contributed by atoms with Crippen molar-refractivity contribution in [1.82, 2.24) is 5.32 Å². The topological polar surface area (TPSA) is 32.3 Å².